The Kier molecular flexibility index (Phi) is 4.76. The lowest BCUT2D eigenvalue weighted by molar-refractivity contribution is 0.618. The first-order valence-electron chi connectivity index (χ1n) is 4.14. The van der Waals surface area contributed by atoms with Gasteiger partial charge >= 0.3 is 0 Å². The third-order valence-electron chi connectivity index (χ3n) is 1.37. The summed E-state index contributed by atoms with van der Waals surface area (Å²) in [5.74, 6) is 0. The van der Waals surface area contributed by atoms with Crippen molar-refractivity contribution in [3.8, 4) is 0 Å². The van der Waals surface area contributed by atoms with Crippen molar-refractivity contribution in [1.29, 1.82) is 0 Å². The van der Waals surface area contributed by atoms with Crippen LogP contribution in [0.2, 0.25) is 0 Å². The Morgan fingerprint density at radius 3 is 2.09 bits per heavy atom. The highest BCUT2D eigenvalue weighted by molar-refractivity contribution is 6.30. The van der Waals surface area contributed by atoms with E-state index in [-0.39, 0.29) is 0 Å². The molecule has 0 saturated carbocycles. The zero-order valence-corrected chi connectivity index (χ0v) is 7.83. The van der Waals surface area contributed by atoms with E-state index in [0.717, 1.165) is 5.59 Å². The number of hydrogen-bond acceptors (Lipinski definition) is 0. The summed E-state index contributed by atoms with van der Waals surface area (Å²) in [6.07, 6.45) is 1.99. The molecular weight excluding hydrogens is 133 g/mol. The van der Waals surface area contributed by atoms with Crippen molar-refractivity contribution in [3.05, 3.63) is 18.3 Å². The fourth-order valence-corrected chi connectivity index (χ4v) is 0.877. The second-order valence-corrected chi connectivity index (χ2v) is 2.43. The Balaban J connectivity index is 0.000000461. The maximum absolute atomic E-state index is 5.60. The van der Waals surface area contributed by atoms with Crippen LogP contribution in [0.5, 0.6) is 0 Å². The van der Waals surface area contributed by atoms with Crippen molar-refractivity contribution in [1.82, 2.24) is 4.57 Å². The van der Waals surface area contributed by atoms with E-state index in [1.807, 2.05) is 36.7 Å². The van der Waals surface area contributed by atoms with Crippen molar-refractivity contribution in [2.45, 2.75) is 33.7 Å². The molecular formula is C9H16BN. The number of nitrogens with zero attached hydrogens (tertiary/aromatic N) is 1. The van der Waals surface area contributed by atoms with Crippen LogP contribution in [0.3, 0.4) is 0 Å². The molecule has 0 unspecified atom stereocenters. The molecule has 0 aromatic carbocycles. The van der Waals surface area contributed by atoms with Gasteiger partial charge in [-0.2, -0.15) is 0 Å². The number of hydrogen-bond donors (Lipinski definition) is 0. The molecule has 0 N–H and O–H groups in total. The van der Waals surface area contributed by atoms with Crippen LogP contribution in [0.15, 0.2) is 18.3 Å². The molecule has 0 aliphatic heterocycles. The quantitative estimate of drug-likeness (QED) is 0.537. The van der Waals surface area contributed by atoms with E-state index in [1.165, 1.54) is 0 Å². The first-order chi connectivity index (χ1) is 5.22. The van der Waals surface area contributed by atoms with E-state index >= 15 is 0 Å². The highest BCUT2D eigenvalue weighted by atomic mass is 15.0. The molecule has 0 spiro atoms. The summed E-state index contributed by atoms with van der Waals surface area (Å²) < 4.78 is 2.03. The number of rotatable bonds is 1. The first kappa shape index (κ1) is 10.3. The Hall–Kier alpha value is -0.655. The predicted octanol–water partition coefficient (Wildman–Crippen LogP) is 1.89. The molecule has 1 aromatic heterocycles. The summed E-state index contributed by atoms with van der Waals surface area (Å²) in [4.78, 5) is 0. The van der Waals surface area contributed by atoms with Gasteiger partial charge in [0.05, 0.1) is 0 Å². The lowest BCUT2D eigenvalue weighted by Gasteiger charge is -2.09. The fourth-order valence-electron chi connectivity index (χ4n) is 0.877. The molecule has 1 heterocycles. The third-order valence-corrected chi connectivity index (χ3v) is 1.37. The highest BCUT2D eigenvalue weighted by Crippen LogP contribution is 1.99. The van der Waals surface area contributed by atoms with Crippen molar-refractivity contribution >= 4 is 13.4 Å². The molecule has 0 saturated heterocycles. The summed E-state index contributed by atoms with van der Waals surface area (Å²) in [7, 11) is 5.60. The van der Waals surface area contributed by atoms with Gasteiger partial charge in [0.2, 0.25) is 0 Å². The molecule has 2 heteroatoms. The van der Waals surface area contributed by atoms with Gasteiger partial charge in [-0.15, -0.1) is 0 Å². The predicted molar refractivity (Wildman–Crippen MR) is 51.6 cm³/mol. The van der Waals surface area contributed by atoms with Crippen molar-refractivity contribution in [3.63, 3.8) is 0 Å². The summed E-state index contributed by atoms with van der Waals surface area (Å²) in [6, 6.07) is 4.33. The van der Waals surface area contributed by atoms with Gasteiger partial charge in [-0.25, -0.2) is 0 Å². The minimum atomic E-state index is 0.472. The molecule has 1 rings (SSSR count). The second kappa shape index (κ2) is 5.06. The van der Waals surface area contributed by atoms with Gasteiger partial charge in [0.1, 0.15) is 7.85 Å². The Bertz CT molecular complexity index is 191. The zero-order valence-electron chi connectivity index (χ0n) is 7.83. The molecule has 1 nitrogen and oxygen atoms in total. The zero-order chi connectivity index (χ0) is 8.85. The van der Waals surface area contributed by atoms with Gasteiger partial charge in [-0.05, 0) is 25.5 Å². The normalized spacial score (nSPS) is 9.18. The van der Waals surface area contributed by atoms with Crippen molar-refractivity contribution in [2.75, 3.05) is 0 Å². The Labute approximate surface area is 70.8 Å². The average molecular weight is 149 g/mol. The van der Waals surface area contributed by atoms with Gasteiger partial charge in [0.25, 0.3) is 0 Å². The molecule has 0 fully saturated rings. The molecule has 60 valence electrons. The summed E-state index contributed by atoms with van der Waals surface area (Å²) >= 11 is 0. The molecule has 0 aliphatic rings. The maximum Gasteiger partial charge on any atom is 0.138 e. The van der Waals surface area contributed by atoms with Crippen molar-refractivity contribution in [2.24, 2.45) is 0 Å². The monoisotopic (exact) mass is 149 g/mol. The van der Waals surface area contributed by atoms with Crippen LogP contribution in [0.1, 0.15) is 33.7 Å². The van der Waals surface area contributed by atoms with Gasteiger partial charge < -0.3 is 4.57 Å². The molecule has 0 aliphatic carbocycles. The van der Waals surface area contributed by atoms with Crippen LogP contribution in [-0.2, 0) is 0 Å². The SMILES string of the molecule is CC.[B]c1cccn1C(C)C. The second-order valence-electron chi connectivity index (χ2n) is 2.43. The van der Waals surface area contributed by atoms with Crippen LogP contribution in [0.4, 0.5) is 0 Å². The van der Waals surface area contributed by atoms with Crippen LogP contribution in [0.25, 0.3) is 0 Å². The topological polar surface area (TPSA) is 4.93 Å². The maximum atomic E-state index is 5.60. The molecule has 0 bridgehead atoms. The summed E-state index contributed by atoms with van der Waals surface area (Å²) in [6.45, 7) is 8.22. The molecule has 2 radical (unpaired) electrons. The first-order valence-corrected chi connectivity index (χ1v) is 4.14. The molecule has 11 heavy (non-hydrogen) atoms. The summed E-state index contributed by atoms with van der Waals surface area (Å²) in [5, 5.41) is 0. The lowest BCUT2D eigenvalue weighted by Crippen LogP contribution is -2.17. The minimum Gasteiger partial charge on any atom is -0.359 e. The van der Waals surface area contributed by atoms with E-state index in [1.54, 1.807) is 0 Å². The molecule has 0 amide bonds. The Morgan fingerprint density at radius 1 is 1.36 bits per heavy atom. The fraction of sp³-hybridized carbons (Fsp3) is 0.556. The van der Waals surface area contributed by atoms with E-state index in [2.05, 4.69) is 13.8 Å². The minimum absolute atomic E-state index is 0.472. The Morgan fingerprint density at radius 2 is 1.91 bits per heavy atom. The van der Waals surface area contributed by atoms with Crippen LogP contribution in [0, 0.1) is 0 Å². The van der Waals surface area contributed by atoms with Gasteiger partial charge in [-0.3, -0.25) is 0 Å². The van der Waals surface area contributed by atoms with Crippen LogP contribution in [-0.4, -0.2) is 12.4 Å². The smallest absolute Gasteiger partial charge is 0.138 e. The number of aromatic nitrogens is 1. The summed E-state index contributed by atoms with van der Waals surface area (Å²) in [5.41, 5.74) is 0.838. The molecule has 0 atom stereocenters. The van der Waals surface area contributed by atoms with Crippen LogP contribution < -0.4 is 5.59 Å². The highest BCUT2D eigenvalue weighted by Gasteiger charge is 1.96. The van der Waals surface area contributed by atoms with Gasteiger partial charge in [0, 0.05) is 12.2 Å². The van der Waals surface area contributed by atoms with Gasteiger partial charge in [0.15, 0.2) is 0 Å². The largest absolute Gasteiger partial charge is 0.359 e. The third kappa shape index (κ3) is 2.83. The van der Waals surface area contributed by atoms with Gasteiger partial charge in [-0.1, -0.05) is 19.9 Å². The molecule has 1 aromatic rings. The van der Waals surface area contributed by atoms with E-state index in [0.29, 0.717) is 6.04 Å². The van der Waals surface area contributed by atoms with E-state index < -0.39 is 0 Å². The standard InChI is InChI=1S/C7H10BN.C2H6/c1-6(2)9-5-3-4-7(9)8;1-2/h3-6H,1-2H3;1-2H3. The van der Waals surface area contributed by atoms with Crippen molar-refractivity contribution < 1.29 is 0 Å². The van der Waals surface area contributed by atoms with E-state index in [4.69, 9.17) is 7.85 Å². The lowest BCUT2D eigenvalue weighted by atomic mass is 10.1. The van der Waals surface area contributed by atoms with E-state index in [9.17, 15) is 0 Å². The average Bonchev–Trinajstić information content (AvgIpc) is 2.39. The van der Waals surface area contributed by atoms with Crippen LogP contribution >= 0.6 is 0 Å².